The van der Waals surface area contributed by atoms with E-state index in [-0.39, 0.29) is 13.1 Å². The average Bonchev–Trinajstić information content (AvgIpc) is 2.46. The van der Waals surface area contributed by atoms with Crippen molar-refractivity contribution < 1.29 is 16.8 Å². The highest BCUT2D eigenvalue weighted by Gasteiger charge is 2.30. The number of benzene rings is 1. The summed E-state index contributed by atoms with van der Waals surface area (Å²) in [5, 5.41) is 0.755. The van der Waals surface area contributed by atoms with E-state index in [2.05, 4.69) is 0 Å². The van der Waals surface area contributed by atoms with Crippen LogP contribution in [0.3, 0.4) is 0 Å². The number of sulfone groups is 1. The van der Waals surface area contributed by atoms with Crippen LogP contribution in [0.25, 0.3) is 6.08 Å². The van der Waals surface area contributed by atoms with Crippen LogP contribution in [0.5, 0.6) is 0 Å². The molecular formula is C14H19NO4S2. The predicted molar refractivity (Wildman–Crippen MR) is 83.8 cm³/mol. The minimum Gasteiger partial charge on any atom is -0.229 e. The molecule has 0 aliphatic carbocycles. The molecule has 0 bridgehead atoms. The molecule has 0 aromatic heterocycles. The van der Waals surface area contributed by atoms with Gasteiger partial charge in [-0.25, -0.2) is 16.8 Å². The lowest BCUT2D eigenvalue weighted by molar-refractivity contribution is 0.350. The van der Waals surface area contributed by atoms with E-state index in [0.717, 1.165) is 5.56 Å². The Bertz CT molecular complexity index is 701. The zero-order valence-corrected chi connectivity index (χ0v) is 13.5. The summed E-state index contributed by atoms with van der Waals surface area (Å²) in [4.78, 5) is 0. The molecule has 1 fully saturated rings. The molecule has 0 amide bonds. The van der Waals surface area contributed by atoms with E-state index in [1.54, 1.807) is 6.08 Å². The Hall–Kier alpha value is -1.18. The van der Waals surface area contributed by atoms with Crippen molar-refractivity contribution in [1.29, 1.82) is 0 Å². The molecule has 1 saturated heterocycles. The molecule has 5 nitrogen and oxygen atoms in total. The number of hydrogen-bond acceptors (Lipinski definition) is 4. The van der Waals surface area contributed by atoms with Crippen LogP contribution in [-0.2, 0) is 19.9 Å². The van der Waals surface area contributed by atoms with Crippen LogP contribution >= 0.6 is 0 Å². The minimum absolute atomic E-state index is 0.249. The third-order valence-electron chi connectivity index (χ3n) is 3.60. The topological polar surface area (TPSA) is 71.5 Å². The van der Waals surface area contributed by atoms with E-state index in [1.807, 2.05) is 30.3 Å². The normalized spacial score (nSPS) is 19.1. The molecule has 116 valence electrons. The molecule has 1 aliphatic heterocycles. The summed E-state index contributed by atoms with van der Waals surface area (Å²) >= 11 is 0. The second-order valence-corrected chi connectivity index (χ2v) is 9.33. The fourth-order valence-electron chi connectivity index (χ4n) is 2.33. The molecule has 7 heteroatoms. The summed E-state index contributed by atoms with van der Waals surface area (Å²) in [7, 11) is -6.58. The summed E-state index contributed by atoms with van der Waals surface area (Å²) in [6.45, 7) is 0.498. The summed E-state index contributed by atoms with van der Waals surface area (Å²) < 4.78 is 48.7. The molecule has 0 saturated carbocycles. The first-order valence-electron chi connectivity index (χ1n) is 6.71. The van der Waals surface area contributed by atoms with E-state index in [0.29, 0.717) is 12.8 Å². The maximum absolute atomic E-state index is 12.2. The standard InChI is InChI=1S/C14H19NO4S2/c1-20(16,17)14-7-10-15(11-8-14)21(18,19)12-9-13-5-3-2-4-6-13/h2-6,9,12,14H,7-8,10-11H2,1H3/b12-9+. The largest absolute Gasteiger partial charge is 0.236 e. The van der Waals surface area contributed by atoms with Crippen LogP contribution in [0.4, 0.5) is 0 Å². The Balaban J connectivity index is 2.04. The lowest BCUT2D eigenvalue weighted by Gasteiger charge is -2.29. The van der Waals surface area contributed by atoms with Gasteiger partial charge in [0.25, 0.3) is 0 Å². The SMILES string of the molecule is CS(=O)(=O)C1CCN(S(=O)(=O)/C=C/c2ccccc2)CC1. The molecule has 0 N–H and O–H groups in total. The molecule has 1 aromatic rings. The molecule has 21 heavy (non-hydrogen) atoms. The van der Waals surface area contributed by atoms with Crippen molar-refractivity contribution in [3.8, 4) is 0 Å². The van der Waals surface area contributed by atoms with E-state index >= 15 is 0 Å². The van der Waals surface area contributed by atoms with Gasteiger partial charge in [0.15, 0.2) is 0 Å². The van der Waals surface area contributed by atoms with Crippen LogP contribution in [-0.4, -0.2) is 45.7 Å². The quantitative estimate of drug-likeness (QED) is 0.839. The van der Waals surface area contributed by atoms with Crippen molar-refractivity contribution in [1.82, 2.24) is 4.31 Å². The summed E-state index contributed by atoms with van der Waals surface area (Å²) in [5.41, 5.74) is 0.812. The predicted octanol–water partition coefficient (Wildman–Crippen LogP) is 1.50. The minimum atomic E-state index is -3.49. The number of hydrogen-bond donors (Lipinski definition) is 0. The maximum Gasteiger partial charge on any atom is 0.236 e. The van der Waals surface area contributed by atoms with Gasteiger partial charge in [-0.1, -0.05) is 30.3 Å². The number of piperidine rings is 1. The summed E-state index contributed by atoms with van der Waals surface area (Å²) in [6.07, 6.45) is 3.48. The smallest absolute Gasteiger partial charge is 0.229 e. The first-order chi connectivity index (χ1) is 9.79. The lowest BCUT2D eigenvalue weighted by Crippen LogP contribution is -2.41. The second-order valence-electron chi connectivity index (χ2n) is 5.19. The molecule has 1 aromatic carbocycles. The van der Waals surface area contributed by atoms with Crippen molar-refractivity contribution in [3.05, 3.63) is 41.3 Å². The Morgan fingerprint density at radius 3 is 2.14 bits per heavy atom. The lowest BCUT2D eigenvalue weighted by atomic mass is 10.2. The van der Waals surface area contributed by atoms with Crippen LogP contribution in [0, 0.1) is 0 Å². The fourth-order valence-corrected chi connectivity index (χ4v) is 4.62. The van der Waals surface area contributed by atoms with Gasteiger partial charge in [0.1, 0.15) is 9.84 Å². The Kier molecular flexibility index (Phi) is 4.85. The van der Waals surface area contributed by atoms with Crippen molar-refractivity contribution in [2.75, 3.05) is 19.3 Å². The molecule has 1 heterocycles. The van der Waals surface area contributed by atoms with Crippen LogP contribution < -0.4 is 0 Å². The van der Waals surface area contributed by atoms with Gasteiger partial charge in [-0.05, 0) is 24.5 Å². The van der Waals surface area contributed by atoms with Gasteiger partial charge in [-0.3, -0.25) is 0 Å². The van der Waals surface area contributed by atoms with Crippen LogP contribution in [0.2, 0.25) is 0 Å². The van der Waals surface area contributed by atoms with Gasteiger partial charge in [0, 0.05) is 24.8 Å². The second kappa shape index (κ2) is 6.29. The number of sulfonamides is 1. The van der Waals surface area contributed by atoms with Gasteiger partial charge in [-0.15, -0.1) is 0 Å². The Labute approximate surface area is 126 Å². The first kappa shape index (κ1) is 16.2. The van der Waals surface area contributed by atoms with E-state index in [1.165, 1.54) is 16.0 Å². The van der Waals surface area contributed by atoms with Crippen molar-refractivity contribution >= 4 is 25.9 Å². The zero-order valence-electron chi connectivity index (χ0n) is 11.8. The van der Waals surface area contributed by atoms with E-state index < -0.39 is 25.1 Å². The highest BCUT2D eigenvalue weighted by atomic mass is 32.2. The van der Waals surface area contributed by atoms with Crippen LogP contribution in [0.15, 0.2) is 35.7 Å². The summed E-state index contributed by atoms with van der Waals surface area (Å²) in [6, 6.07) is 9.18. The highest BCUT2D eigenvalue weighted by molar-refractivity contribution is 7.92. The van der Waals surface area contributed by atoms with E-state index in [4.69, 9.17) is 0 Å². The molecule has 1 aliphatic rings. The highest BCUT2D eigenvalue weighted by Crippen LogP contribution is 2.20. The third kappa shape index (κ3) is 4.39. The zero-order chi connectivity index (χ0) is 15.5. The van der Waals surface area contributed by atoms with Crippen LogP contribution in [0.1, 0.15) is 18.4 Å². The maximum atomic E-state index is 12.2. The van der Waals surface area contributed by atoms with Crippen molar-refractivity contribution in [3.63, 3.8) is 0 Å². The van der Waals surface area contributed by atoms with Crippen molar-refractivity contribution in [2.45, 2.75) is 18.1 Å². The Morgan fingerprint density at radius 1 is 1.05 bits per heavy atom. The number of rotatable bonds is 4. The van der Waals surface area contributed by atoms with Gasteiger partial charge in [-0.2, -0.15) is 4.31 Å². The van der Waals surface area contributed by atoms with Gasteiger partial charge in [0.2, 0.25) is 10.0 Å². The molecule has 0 unspecified atom stereocenters. The number of nitrogens with zero attached hydrogens (tertiary/aromatic N) is 1. The van der Waals surface area contributed by atoms with Crippen molar-refractivity contribution in [2.24, 2.45) is 0 Å². The molecular weight excluding hydrogens is 310 g/mol. The van der Waals surface area contributed by atoms with Gasteiger partial charge < -0.3 is 0 Å². The molecule has 2 rings (SSSR count). The fraction of sp³-hybridized carbons (Fsp3) is 0.429. The van der Waals surface area contributed by atoms with Gasteiger partial charge >= 0.3 is 0 Å². The van der Waals surface area contributed by atoms with Gasteiger partial charge in [0.05, 0.1) is 5.25 Å². The summed E-state index contributed by atoms with van der Waals surface area (Å²) in [5.74, 6) is 0. The third-order valence-corrected chi connectivity index (χ3v) is 6.85. The molecule has 0 radical (unpaired) electrons. The average molecular weight is 329 g/mol. The van der Waals surface area contributed by atoms with E-state index in [9.17, 15) is 16.8 Å². The Morgan fingerprint density at radius 2 is 1.62 bits per heavy atom. The first-order valence-corrected chi connectivity index (χ1v) is 10.2. The monoisotopic (exact) mass is 329 g/mol. The molecule has 0 atom stereocenters. The molecule has 0 spiro atoms.